The van der Waals surface area contributed by atoms with Gasteiger partial charge in [-0.1, -0.05) is 0 Å². The smallest absolute Gasteiger partial charge is 0.240 e. The van der Waals surface area contributed by atoms with Crippen LogP contribution in [0.5, 0.6) is 0 Å². The fourth-order valence-corrected chi connectivity index (χ4v) is 3.77. The van der Waals surface area contributed by atoms with Crippen LogP contribution in [0.1, 0.15) is 35.5 Å². The number of carbonyl (C=O) groups is 3. The molecule has 10 nitrogen and oxygen atoms in total. The lowest BCUT2D eigenvalue weighted by atomic mass is 10.0. The van der Waals surface area contributed by atoms with Crippen molar-refractivity contribution in [3.05, 3.63) is 16.6 Å². The standard InChI is InChI=1S/C18H29N7O3S/c1-20-13-6-4-9-25(17(13)28)11-14(26)24-12(5-3-7-23-18(19)21-2)15(27)16-22-8-10-29-16/h8,10,12-13,20H,3-7,9,11H2,1-2H3,(H,24,26)(H3,19,21,23)/t12-,13-/m0/s1. The molecule has 1 aliphatic heterocycles. The van der Waals surface area contributed by atoms with Crippen molar-refractivity contribution in [2.75, 3.05) is 33.7 Å². The molecule has 29 heavy (non-hydrogen) atoms. The molecule has 160 valence electrons. The minimum Gasteiger partial charge on any atom is -0.370 e. The Morgan fingerprint density at radius 2 is 2.28 bits per heavy atom. The Labute approximate surface area is 174 Å². The van der Waals surface area contributed by atoms with E-state index in [9.17, 15) is 14.4 Å². The summed E-state index contributed by atoms with van der Waals surface area (Å²) in [6, 6.07) is -0.976. The second kappa shape index (κ2) is 11.5. The number of carbonyl (C=O) groups excluding carboxylic acids is 3. The predicted octanol–water partition coefficient (Wildman–Crippen LogP) is -0.665. The van der Waals surface area contributed by atoms with E-state index in [1.807, 2.05) is 0 Å². The highest BCUT2D eigenvalue weighted by Gasteiger charge is 2.30. The molecule has 0 bridgehead atoms. The average molecular weight is 424 g/mol. The van der Waals surface area contributed by atoms with E-state index < -0.39 is 6.04 Å². The van der Waals surface area contributed by atoms with E-state index >= 15 is 0 Å². The Balaban J connectivity index is 1.95. The summed E-state index contributed by atoms with van der Waals surface area (Å²) in [5.74, 6) is -0.356. The van der Waals surface area contributed by atoms with Gasteiger partial charge in [0.25, 0.3) is 0 Å². The predicted molar refractivity (Wildman–Crippen MR) is 112 cm³/mol. The molecule has 0 saturated carbocycles. The van der Waals surface area contributed by atoms with E-state index in [0.29, 0.717) is 36.9 Å². The molecule has 1 saturated heterocycles. The minimum atomic E-state index is -0.713. The van der Waals surface area contributed by atoms with E-state index in [4.69, 9.17) is 5.73 Å². The van der Waals surface area contributed by atoms with Crippen molar-refractivity contribution < 1.29 is 14.4 Å². The Bertz CT molecular complexity index is 723. The topological polar surface area (TPSA) is 142 Å². The van der Waals surface area contributed by atoms with Crippen LogP contribution in [0, 0.1) is 0 Å². The van der Waals surface area contributed by atoms with Crippen LogP contribution in [0.25, 0.3) is 0 Å². The number of ketones is 1. The van der Waals surface area contributed by atoms with Crippen LogP contribution in [-0.4, -0.2) is 79.3 Å². The SMILES string of the molecule is CN=C(N)NCCC[C@H](NC(=O)CN1CCC[C@H](NC)C1=O)C(=O)c1nccs1. The van der Waals surface area contributed by atoms with Gasteiger partial charge in [0, 0.05) is 31.7 Å². The zero-order valence-corrected chi connectivity index (χ0v) is 17.6. The fraction of sp³-hybridized carbons (Fsp3) is 0.611. The molecule has 1 fully saturated rings. The Morgan fingerprint density at radius 1 is 1.48 bits per heavy atom. The molecular weight excluding hydrogens is 394 g/mol. The molecule has 0 unspecified atom stereocenters. The third-order valence-corrected chi connectivity index (χ3v) is 5.51. The van der Waals surface area contributed by atoms with Crippen LogP contribution < -0.4 is 21.7 Å². The van der Waals surface area contributed by atoms with Gasteiger partial charge in [-0.2, -0.15) is 0 Å². The Morgan fingerprint density at radius 3 is 2.93 bits per heavy atom. The number of hydrogen-bond acceptors (Lipinski definition) is 7. The first kappa shape index (κ1) is 22.8. The highest BCUT2D eigenvalue weighted by molar-refractivity contribution is 7.11. The number of aromatic nitrogens is 1. The highest BCUT2D eigenvalue weighted by Crippen LogP contribution is 2.13. The number of guanidine groups is 1. The van der Waals surface area contributed by atoms with Gasteiger partial charge in [-0.25, -0.2) is 4.98 Å². The second-order valence-corrected chi connectivity index (χ2v) is 7.64. The van der Waals surface area contributed by atoms with Gasteiger partial charge in [0.05, 0.1) is 18.6 Å². The van der Waals surface area contributed by atoms with Crippen molar-refractivity contribution in [3.63, 3.8) is 0 Å². The normalized spacial score (nSPS) is 18.4. The third-order valence-electron chi connectivity index (χ3n) is 4.72. The molecule has 1 aliphatic rings. The van der Waals surface area contributed by atoms with Gasteiger partial charge in [0.1, 0.15) is 0 Å². The zero-order chi connectivity index (χ0) is 21.2. The number of aliphatic imine (C=N–C) groups is 1. The maximum Gasteiger partial charge on any atom is 0.240 e. The molecule has 1 aromatic rings. The monoisotopic (exact) mass is 423 g/mol. The summed E-state index contributed by atoms with van der Waals surface area (Å²) in [7, 11) is 3.32. The van der Waals surface area contributed by atoms with Crippen LogP contribution in [0.3, 0.4) is 0 Å². The third kappa shape index (κ3) is 6.79. The Hall–Kier alpha value is -2.53. The average Bonchev–Trinajstić information content (AvgIpc) is 3.26. The van der Waals surface area contributed by atoms with Crippen molar-refractivity contribution in [3.8, 4) is 0 Å². The fourth-order valence-electron chi connectivity index (χ4n) is 3.14. The largest absolute Gasteiger partial charge is 0.370 e. The van der Waals surface area contributed by atoms with Gasteiger partial charge in [0.15, 0.2) is 11.0 Å². The molecule has 2 rings (SSSR count). The van der Waals surface area contributed by atoms with Gasteiger partial charge < -0.3 is 26.6 Å². The quantitative estimate of drug-likeness (QED) is 0.169. The number of hydrogen-bond donors (Lipinski definition) is 4. The number of likely N-dealkylation sites (N-methyl/N-ethyl adjacent to an activating group) is 1. The first-order valence-electron chi connectivity index (χ1n) is 9.61. The first-order valence-corrected chi connectivity index (χ1v) is 10.5. The lowest BCUT2D eigenvalue weighted by Gasteiger charge is -2.32. The van der Waals surface area contributed by atoms with Crippen LogP contribution in [0.2, 0.25) is 0 Å². The number of likely N-dealkylation sites (tertiary alicyclic amines) is 1. The molecule has 2 amide bonds. The van der Waals surface area contributed by atoms with Crippen LogP contribution >= 0.6 is 11.3 Å². The summed E-state index contributed by atoms with van der Waals surface area (Å²) >= 11 is 1.23. The second-order valence-electron chi connectivity index (χ2n) is 6.74. The van der Waals surface area contributed by atoms with Crippen molar-refractivity contribution in [1.29, 1.82) is 0 Å². The molecule has 1 aromatic heterocycles. The number of thiazole rings is 1. The Kier molecular flexibility index (Phi) is 9.00. The zero-order valence-electron chi connectivity index (χ0n) is 16.8. The molecule has 0 aromatic carbocycles. The molecular formula is C18H29N7O3S. The van der Waals surface area contributed by atoms with Crippen molar-refractivity contribution in [2.45, 2.75) is 37.8 Å². The summed E-state index contributed by atoms with van der Waals surface area (Å²) in [4.78, 5) is 47.1. The van der Waals surface area contributed by atoms with E-state index in [1.54, 1.807) is 25.7 Å². The number of amides is 2. The highest BCUT2D eigenvalue weighted by atomic mass is 32.1. The summed E-state index contributed by atoms with van der Waals surface area (Å²) in [5, 5.41) is 10.8. The molecule has 11 heteroatoms. The lowest BCUT2D eigenvalue weighted by Crippen LogP contribution is -2.53. The number of nitrogens with one attached hydrogen (secondary N) is 3. The molecule has 2 atom stereocenters. The summed E-state index contributed by atoms with van der Waals surface area (Å²) in [5.41, 5.74) is 5.60. The first-order chi connectivity index (χ1) is 14.0. The van der Waals surface area contributed by atoms with Gasteiger partial charge in [-0.3, -0.25) is 19.4 Å². The molecule has 0 aliphatic carbocycles. The number of piperidine rings is 1. The van der Waals surface area contributed by atoms with Gasteiger partial charge in [-0.05, 0) is 32.7 Å². The van der Waals surface area contributed by atoms with Crippen LogP contribution in [0.15, 0.2) is 16.6 Å². The lowest BCUT2D eigenvalue weighted by molar-refractivity contribution is -0.139. The van der Waals surface area contributed by atoms with Gasteiger partial charge >= 0.3 is 0 Å². The minimum absolute atomic E-state index is 0.0631. The van der Waals surface area contributed by atoms with Crippen molar-refractivity contribution in [2.24, 2.45) is 10.7 Å². The number of Topliss-reactive ketones (excluding diaryl/α,β-unsaturated/α-hetero) is 1. The summed E-state index contributed by atoms with van der Waals surface area (Å²) in [6.07, 6.45) is 4.17. The van der Waals surface area contributed by atoms with Crippen LogP contribution in [-0.2, 0) is 9.59 Å². The van der Waals surface area contributed by atoms with E-state index in [2.05, 4.69) is 25.9 Å². The van der Waals surface area contributed by atoms with E-state index in [0.717, 1.165) is 12.8 Å². The number of rotatable bonds is 10. The summed E-state index contributed by atoms with van der Waals surface area (Å²) in [6.45, 7) is 0.997. The van der Waals surface area contributed by atoms with E-state index in [-0.39, 0.29) is 30.2 Å². The number of nitrogens with two attached hydrogens (primary N) is 1. The number of nitrogens with zero attached hydrogens (tertiary/aromatic N) is 3. The van der Waals surface area contributed by atoms with E-state index in [1.165, 1.54) is 16.2 Å². The molecule has 2 heterocycles. The maximum atomic E-state index is 12.8. The van der Waals surface area contributed by atoms with Gasteiger partial charge in [-0.15, -0.1) is 11.3 Å². The molecule has 5 N–H and O–H groups in total. The van der Waals surface area contributed by atoms with Crippen molar-refractivity contribution in [1.82, 2.24) is 25.8 Å². The summed E-state index contributed by atoms with van der Waals surface area (Å²) < 4.78 is 0. The van der Waals surface area contributed by atoms with Crippen molar-refractivity contribution >= 4 is 34.9 Å². The van der Waals surface area contributed by atoms with Gasteiger partial charge in [0.2, 0.25) is 17.6 Å². The van der Waals surface area contributed by atoms with Crippen LogP contribution in [0.4, 0.5) is 0 Å². The maximum absolute atomic E-state index is 12.8. The molecule has 0 spiro atoms. The molecule has 0 radical (unpaired) electrons.